The van der Waals surface area contributed by atoms with E-state index >= 15 is 0 Å². The van der Waals surface area contributed by atoms with E-state index in [-0.39, 0.29) is 22.2 Å². The van der Waals surface area contributed by atoms with Crippen LogP contribution in [0.15, 0.2) is 39.5 Å². The van der Waals surface area contributed by atoms with Crippen LogP contribution in [0.2, 0.25) is 0 Å². The lowest BCUT2D eigenvalue weighted by Crippen LogP contribution is -2.71. The average Bonchev–Trinajstić information content (AvgIpc) is 3.52. The summed E-state index contributed by atoms with van der Waals surface area (Å²) in [6, 6.07) is -0.914. The number of β-lactam (4-membered cyclic amide) rings is 1. The zero-order chi connectivity index (χ0) is 28.3. The molecule has 2 aromatic rings. The molecule has 2 aliphatic heterocycles. The molecule has 12 nitrogen and oxygen atoms in total. The van der Waals surface area contributed by atoms with Gasteiger partial charge < -0.3 is 25.5 Å². The number of carboxylic acid groups (broad SMARTS) is 1. The summed E-state index contributed by atoms with van der Waals surface area (Å²) < 4.78 is 0.734. The highest BCUT2D eigenvalue weighted by Gasteiger charge is 2.54. The van der Waals surface area contributed by atoms with Gasteiger partial charge in [-0.3, -0.25) is 14.5 Å². The quantitative estimate of drug-likeness (QED) is 0.153. The Labute approximate surface area is 237 Å². The second-order valence-corrected chi connectivity index (χ2v) is 12.2. The highest BCUT2D eigenvalue weighted by atomic mass is 32.2. The van der Waals surface area contributed by atoms with Crippen molar-refractivity contribution in [1.82, 2.24) is 20.2 Å². The number of hydrogen-bond donors (Lipinski definition) is 3. The summed E-state index contributed by atoms with van der Waals surface area (Å²) in [4.78, 5) is 53.8. The van der Waals surface area contributed by atoms with Gasteiger partial charge in [-0.1, -0.05) is 11.2 Å². The Morgan fingerprint density at radius 3 is 2.77 bits per heavy atom. The average molecular weight is 593 g/mol. The number of carbonyl (C=O) groups excluding carboxylic acids is 2. The molecule has 1 fully saturated rings. The number of allylic oxidation sites excluding steroid dienone is 1. The highest BCUT2D eigenvalue weighted by Crippen LogP contribution is 2.40. The van der Waals surface area contributed by atoms with Crippen LogP contribution in [-0.2, 0) is 25.8 Å². The van der Waals surface area contributed by atoms with Crippen LogP contribution in [-0.4, -0.2) is 92.4 Å². The third-order valence-corrected chi connectivity index (χ3v) is 9.54. The van der Waals surface area contributed by atoms with Gasteiger partial charge in [-0.2, -0.15) is 0 Å². The maximum absolute atomic E-state index is 13.1. The molecular weight excluding hydrogens is 563 g/mol. The first-order valence-corrected chi connectivity index (χ1v) is 14.8. The monoisotopic (exact) mass is 592 g/mol. The van der Waals surface area contributed by atoms with Gasteiger partial charge in [0.2, 0.25) is 0 Å². The standard InChI is InChI=1S/C24H29N7O5S3/c1-5-31(3,9-16-13(2)26-12-39-16)8-6-7-14-10-37-22-18(21(33)30(22)19(14)23(34)35)28-20(32)17(29-36-4)15-11-38-24(25)27-15/h6-7,11-12,18,22H,5,8-10H2,1-4H3,(H3-,25,27,28,32,34,35)/p+1/b7-6+,29-17-/t18-,22-,31?/m1/s1. The fraction of sp³-hybridized carbons (Fsp3) is 0.417. The molecule has 4 rings (SSSR count). The lowest BCUT2D eigenvalue weighted by molar-refractivity contribution is -0.915. The molecule has 1 saturated heterocycles. The van der Waals surface area contributed by atoms with E-state index in [2.05, 4.69) is 34.4 Å². The molecule has 0 radical (unpaired) electrons. The Morgan fingerprint density at radius 2 is 2.18 bits per heavy atom. The number of aromatic nitrogens is 2. The van der Waals surface area contributed by atoms with Crippen LogP contribution in [0.5, 0.6) is 0 Å². The van der Waals surface area contributed by atoms with Crippen molar-refractivity contribution in [2.75, 3.05) is 38.7 Å². The van der Waals surface area contributed by atoms with Crippen molar-refractivity contribution < 1.29 is 28.8 Å². The Bertz CT molecular complexity index is 1370. The molecule has 0 saturated carbocycles. The van der Waals surface area contributed by atoms with Crippen molar-refractivity contribution in [3.63, 3.8) is 0 Å². The number of aliphatic carboxylic acids is 1. The van der Waals surface area contributed by atoms with E-state index in [0.717, 1.165) is 34.6 Å². The van der Waals surface area contributed by atoms with E-state index in [0.29, 0.717) is 17.9 Å². The molecule has 2 aromatic heterocycles. The number of anilines is 1. The SMILES string of the molecule is CC[N+](C)(C/C=C/C1=C(C(=O)O)N2C(=O)[C@@H](NC(=O)/C(=N\OC)c3csc(N)n3)[C@H]2SC1)Cc1scnc1C. The van der Waals surface area contributed by atoms with Crippen molar-refractivity contribution in [2.24, 2.45) is 5.16 Å². The van der Waals surface area contributed by atoms with Gasteiger partial charge in [0.15, 0.2) is 10.8 Å². The number of fused-ring (bicyclic) bond motifs is 1. The van der Waals surface area contributed by atoms with Gasteiger partial charge in [0.05, 0.1) is 36.2 Å². The first kappa shape index (κ1) is 28.7. The summed E-state index contributed by atoms with van der Waals surface area (Å²) in [6.45, 7) is 6.52. The maximum atomic E-state index is 13.1. The molecule has 3 atom stereocenters. The molecule has 0 aromatic carbocycles. The maximum Gasteiger partial charge on any atom is 0.352 e. The number of nitrogens with one attached hydrogen (secondary N) is 1. The molecule has 1 unspecified atom stereocenters. The van der Waals surface area contributed by atoms with Gasteiger partial charge in [0.25, 0.3) is 11.8 Å². The number of oxime groups is 1. The van der Waals surface area contributed by atoms with Crippen LogP contribution in [0.4, 0.5) is 5.13 Å². The summed E-state index contributed by atoms with van der Waals surface area (Å²) in [7, 11) is 3.44. The van der Waals surface area contributed by atoms with E-state index in [9.17, 15) is 19.5 Å². The molecule has 4 N–H and O–H groups in total. The van der Waals surface area contributed by atoms with Crippen molar-refractivity contribution >= 4 is 63.1 Å². The zero-order valence-electron chi connectivity index (χ0n) is 21.9. The summed E-state index contributed by atoms with van der Waals surface area (Å²) in [5.74, 6) is -1.98. The number of thiazole rings is 2. The summed E-state index contributed by atoms with van der Waals surface area (Å²) >= 11 is 4.17. The van der Waals surface area contributed by atoms with E-state index in [1.54, 1.807) is 22.8 Å². The molecule has 0 spiro atoms. The molecule has 15 heteroatoms. The molecule has 4 heterocycles. The third kappa shape index (κ3) is 6.00. The minimum absolute atomic E-state index is 0.0624. The number of aryl methyl sites for hydroxylation is 1. The zero-order valence-corrected chi connectivity index (χ0v) is 24.4. The Kier molecular flexibility index (Phi) is 8.73. The minimum atomic E-state index is -1.19. The van der Waals surface area contributed by atoms with Gasteiger partial charge in [0, 0.05) is 11.1 Å². The number of quaternary nitrogens is 1. The number of rotatable bonds is 11. The topological polar surface area (TPSA) is 160 Å². The van der Waals surface area contributed by atoms with Crippen LogP contribution in [0.1, 0.15) is 23.2 Å². The highest BCUT2D eigenvalue weighted by molar-refractivity contribution is 8.00. The molecule has 2 aliphatic rings. The van der Waals surface area contributed by atoms with Crippen LogP contribution in [0, 0.1) is 6.92 Å². The van der Waals surface area contributed by atoms with E-state index in [4.69, 9.17) is 10.6 Å². The third-order valence-electron chi connectivity index (χ3n) is 6.65. The molecular formula is C24H30N7O5S3+. The minimum Gasteiger partial charge on any atom is -0.477 e. The van der Waals surface area contributed by atoms with Gasteiger partial charge in [-0.05, 0) is 25.5 Å². The van der Waals surface area contributed by atoms with Gasteiger partial charge >= 0.3 is 5.97 Å². The molecule has 39 heavy (non-hydrogen) atoms. The van der Waals surface area contributed by atoms with Crippen LogP contribution >= 0.6 is 34.4 Å². The van der Waals surface area contributed by atoms with Crippen molar-refractivity contribution in [3.05, 3.63) is 50.6 Å². The lowest BCUT2D eigenvalue weighted by atomic mass is 10.0. The Balaban J connectivity index is 1.47. The lowest BCUT2D eigenvalue weighted by Gasteiger charge is -2.49. The van der Waals surface area contributed by atoms with Gasteiger partial charge in [-0.25, -0.2) is 14.8 Å². The van der Waals surface area contributed by atoms with Gasteiger partial charge in [-0.15, -0.1) is 34.4 Å². The normalized spacial score (nSPS) is 21.0. The molecule has 0 bridgehead atoms. The van der Waals surface area contributed by atoms with Crippen molar-refractivity contribution in [1.29, 1.82) is 0 Å². The number of likely N-dealkylation sites (N-methyl/N-ethyl adjacent to an activating group) is 1. The first-order valence-electron chi connectivity index (χ1n) is 12.0. The number of carboxylic acids is 1. The number of hydrogen-bond acceptors (Lipinski definition) is 11. The van der Waals surface area contributed by atoms with Crippen LogP contribution in [0.25, 0.3) is 0 Å². The van der Waals surface area contributed by atoms with E-state index < -0.39 is 29.2 Å². The molecule has 0 aliphatic carbocycles. The number of amides is 2. The van der Waals surface area contributed by atoms with Crippen molar-refractivity contribution in [2.45, 2.75) is 31.8 Å². The summed E-state index contributed by atoms with van der Waals surface area (Å²) in [5.41, 5.74) is 9.13. The van der Waals surface area contributed by atoms with Crippen LogP contribution in [0.3, 0.4) is 0 Å². The number of nitrogens with two attached hydrogens (primary N) is 1. The van der Waals surface area contributed by atoms with Crippen molar-refractivity contribution in [3.8, 4) is 0 Å². The number of nitrogen functional groups attached to an aromatic ring is 1. The second-order valence-electron chi connectivity index (χ2n) is 9.27. The molecule has 208 valence electrons. The van der Waals surface area contributed by atoms with E-state index in [1.165, 1.54) is 28.6 Å². The predicted octanol–water partition coefficient (Wildman–Crippen LogP) is 1.80. The number of nitrogens with zero attached hydrogens (tertiary/aromatic N) is 5. The van der Waals surface area contributed by atoms with Gasteiger partial charge in [0.1, 0.15) is 36.5 Å². The largest absolute Gasteiger partial charge is 0.477 e. The number of carbonyl (C=O) groups is 3. The smallest absolute Gasteiger partial charge is 0.352 e. The first-order chi connectivity index (χ1) is 18.6. The summed E-state index contributed by atoms with van der Waals surface area (Å²) in [5, 5.41) is 17.6. The van der Waals surface area contributed by atoms with Crippen LogP contribution < -0.4 is 11.1 Å². The number of thioether (sulfide) groups is 1. The fourth-order valence-electron chi connectivity index (χ4n) is 4.25. The summed E-state index contributed by atoms with van der Waals surface area (Å²) in [6.07, 6.45) is 3.77. The van der Waals surface area contributed by atoms with E-state index in [1.807, 2.05) is 18.5 Å². The Hall–Kier alpha value is -3.27. The Morgan fingerprint density at radius 1 is 1.41 bits per heavy atom. The fourth-order valence-corrected chi connectivity index (χ4v) is 7.07. The predicted molar refractivity (Wildman–Crippen MR) is 151 cm³/mol. The second kappa shape index (κ2) is 11.9. The molecule has 2 amide bonds.